The van der Waals surface area contributed by atoms with E-state index in [0.717, 1.165) is 36.0 Å². The summed E-state index contributed by atoms with van der Waals surface area (Å²) in [6.07, 6.45) is 4.78. The molecule has 92 valence electrons. The molecule has 0 fully saturated rings. The Morgan fingerprint density at radius 3 is 2.59 bits per heavy atom. The number of rotatable bonds is 5. The van der Waals surface area contributed by atoms with Gasteiger partial charge in [0.25, 0.3) is 0 Å². The van der Waals surface area contributed by atoms with Gasteiger partial charge in [0.1, 0.15) is 5.82 Å². The van der Waals surface area contributed by atoms with Crippen molar-refractivity contribution in [2.45, 2.75) is 40.0 Å². The van der Waals surface area contributed by atoms with E-state index in [-0.39, 0.29) is 5.82 Å². The summed E-state index contributed by atoms with van der Waals surface area (Å²) in [7, 11) is 0. The van der Waals surface area contributed by atoms with Gasteiger partial charge in [-0.1, -0.05) is 50.6 Å². The van der Waals surface area contributed by atoms with E-state index in [0.29, 0.717) is 0 Å². The van der Waals surface area contributed by atoms with Crippen LogP contribution in [0.2, 0.25) is 0 Å². The van der Waals surface area contributed by atoms with Crippen LogP contribution in [-0.4, -0.2) is 0 Å². The summed E-state index contributed by atoms with van der Waals surface area (Å²) in [5.41, 5.74) is 3.80. The Morgan fingerprint density at radius 2 is 2.06 bits per heavy atom. The molecule has 1 heteroatoms. The molecular formula is C16H21F. The van der Waals surface area contributed by atoms with Crippen molar-refractivity contribution in [2.24, 2.45) is 0 Å². The molecule has 0 N–H and O–H groups in total. The fourth-order valence-electron chi connectivity index (χ4n) is 1.70. The standard InChI is InChI=1S/C16H21F/c1-5-7-14-8-9-15(11-16(14)17)13(4)10-12(3)6-2/h8-11H,4-7H2,1-3H3/b12-10-. The molecule has 0 aromatic heterocycles. The molecule has 0 nitrogen and oxygen atoms in total. The van der Waals surface area contributed by atoms with Crippen LogP contribution < -0.4 is 0 Å². The summed E-state index contributed by atoms with van der Waals surface area (Å²) < 4.78 is 13.8. The SMILES string of the molecule is C=C(/C=C(/C)CC)c1ccc(CCC)c(F)c1. The monoisotopic (exact) mass is 232 g/mol. The number of hydrogen-bond acceptors (Lipinski definition) is 0. The van der Waals surface area contributed by atoms with E-state index in [1.807, 2.05) is 18.2 Å². The quantitative estimate of drug-likeness (QED) is 0.616. The van der Waals surface area contributed by atoms with E-state index in [2.05, 4.69) is 27.4 Å². The van der Waals surface area contributed by atoms with E-state index in [1.54, 1.807) is 6.07 Å². The molecule has 0 aliphatic carbocycles. The smallest absolute Gasteiger partial charge is 0.127 e. The Balaban J connectivity index is 2.94. The average Bonchev–Trinajstić information content (AvgIpc) is 2.31. The fourth-order valence-corrected chi connectivity index (χ4v) is 1.70. The van der Waals surface area contributed by atoms with Gasteiger partial charge in [0, 0.05) is 0 Å². The minimum atomic E-state index is -0.118. The van der Waals surface area contributed by atoms with Crippen LogP contribution in [0, 0.1) is 5.82 Å². The fraction of sp³-hybridized carbons (Fsp3) is 0.375. The van der Waals surface area contributed by atoms with E-state index in [1.165, 1.54) is 5.57 Å². The molecule has 0 aliphatic heterocycles. The van der Waals surface area contributed by atoms with Gasteiger partial charge in [-0.25, -0.2) is 4.39 Å². The lowest BCUT2D eigenvalue weighted by atomic mass is 10.0. The lowest BCUT2D eigenvalue weighted by Crippen LogP contribution is -1.91. The molecule has 0 heterocycles. The van der Waals surface area contributed by atoms with Gasteiger partial charge >= 0.3 is 0 Å². The highest BCUT2D eigenvalue weighted by Crippen LogP contribution is 2.20. The van der Waals surface area contributed by atoms with Gasteiger partial charge < -0.3 is 0 Å². The highest BCUT2D eigenvalue weighted by atomic mass is 19.1. The van der Waals surface area contributed by atoms with Crippen LogP contribution in [0.1, 0.15) is 44.7 Å². The Hall–Kier alpha value is -1.37. The topological polar surface area (TPSA) is 0 Å². The number of hydrogen-bond donors (Lipinski definition) is 0. The predicted molar refractivity (Wildman–Crippen MR) is 73.5 cm³/mol. The molecular weight excluding hydrogens is 211 g/mol. The van der Waals surface area contributed by atoms with Gasteiger partial charge in [0.15, 0.2) is 0 Å². The van der Waals surface area contributed by atoms with Crippen LogP contribution in [0.5, 0.6) is 0 Å². The Bertz CT molecular complexity index is 427. The zero-order valence-electron chi connectivity index (χ0n) is 11.0. The van der Waals surface area contributed by atoms with Crippen molar-refractivity contribution in [1.82, 2.24) is 0 Å². The van der Waals surface area contributed by atoms with Crippen molar-refractivity contribution in [1.29, 1.82) is 0 Å². The Morgan fingerprint density at radius 1 is 1.35 bits per heavy atom. The predicted octanol–water partition coefficient (Wildman–Crippen LogP) is 5.15. The molecule has 1 aromatic rings. The van der Waals surface area contributed by atoms with Crippen LogP contribution in [0.3, 0.4) is 0 Å². The zero-order valence-corrected chi connectivity index (χ0v) is 11.0. The van der Waals surface area contributed by atoms with Gasteiger partial charge in [0.2, 0.25) is 0 Å². The van der Waals surface area contributed by atoms with Crippen molar-refractivity contribution in [3.63, 3.8) is 0 Å². The number of halogens is 1. The zero-order chi connectivity index (χ0) is 12.8. The van der Waals surface area contributed by atoms with E-state index in [4.69, 9.17) is 0 Å². The third kappa shape index (κ3) is 3.85. The molecule has 1 rings (SSSR count). The van der Waals surface area contributed by atoms with Crippen LogP contribution in [0.25, 0.3) is 5.57 Å². The van der Waals surface area contributed by atoms with Crippen LogP contribution in [0.4, 0.5) is 4.39 Å². The van der Waals surface area contributed by atoms with Crippen molar-refractivity contribution in [3.8, 4) is 0 Å². The van der Waals surface area contributed by atoms with Crippen LogP contribution in [-0.2, 0) is 6.42 Å². The minimum absolute atomic E-state index is 0.118. The Labute approximate surface area is 104 Å². The first-order chi connectivity index (χ1) is 8.08. The molecule has 0 atom stereocenters. The number of benzene rings is 1. The van der Waals surface area contributed by atoms with E-state index >= 15 is 0 Å². The van der Waals surface area contributed by atoms with Gasteiger partial charge in [-0.3, -0.25) is 0 Å². The van der Waals surface area contributed by atoms with Gasteiger partial charge in [-0.05, 0) is 42.5 Å². The molecule has 0 saturated heterocycles. The number of aryl methyl sites for hydroxylation is 1. The second-order valence-corrected chi connectivity index (χ2v) is 4.43. The molecule has 0 radical (unpaired) electrons. The first kappa shape index (κ1) is 13.7. The first-order valence-electron chi connectivity index (χ1n) is 6.23. The molecule has 0 amide bonds. The third-order valence-electron chi connectivity index (χ3n) is 2.92. The molecule has 1 aromatic carbocycles. The maximum absolute atomic E-state index is 13.8. The summed E-state index contributed by atoms with van der Waals surface area (Å²) in [5, 5.41) is 0. The van der Waals surface area contributed by atoms with Gasteiger partial charge in [-0.15, -0.1) is 0 Å². The van der Waals surface area contributed by atoms with Crippen LogP contribution >= 0.6 is 0 Å². The molecule has 0 spiro atoms. The summed E-state index contributed by atoms with van der Waals surface area (Å²) in [4.78, 5) is 0. The maximum atomic E-state index is 13.8. The highest BCUT2D eigenvalue weighted by Gasteiger charge is 2.04. The molecule has 0 saturated carbocycles. The summed E-state index contributed by atoms with van der Waals surface area (Å²) in [5.74, 6) is -0.118. The number of allylic oxidation sites excluding steroid dienone is 3. The van der Waals surface area contributed by atoms with Gasteiger partial charge in [-0.2, -0.15) is 0 Å². The van der Waals surface area contributed by atoms with Crippen molar-refractivity contribution in [3.05, 3.63) is 53.4 Å². The lowest BCUT2D eigenvalue weighted by molar-refractivity contribution is 0.607. The second-order valence-electron chi connectivity index (χ2n) is 4.43. The highest BCUT2D eigenvalue weighted by molar-refractivity contribution is 5.72. The van der Waals surface area contributed by atoms with Crippen molar-refractivity contribution >= 4 is 5.57 Å². The summed E-state index contributed by atoms with van der Waals surface area (Å²) in [6.45, 7) is 10.2. The van der Waals surface area contributed by atoms with Crippen molar-refractivity contribution < 1.29 is 4.39 Å². The maximum Gasteiger partial charge on any atom is 0.127 e. The third-order valence-corrected chi connectivity index (χ3v) is 2.92. The summed E-state index contributed by atoms with van der Waals surface area (Å²) in [6, 6.07) is 5.41. The molecule has 0 unspecified atom stereocenters. The Kier molecular flexibility index (Phi) is 5.14. The van der Waals surface area contributed by atoms with E-state index < -0.39 is 0 Å². The molecule has 0 bridgehead atoms. The normalized spacial score (nSPS) is 11.6. The minimum Gasteiger partial charge on any atom is -0.207 e. The molecule has 17 heavy (non-hydrogen) atoms. The molecule has 0 aliphatic rings. The largest absolute Gasteiger partial charge is 0.207 e. The van der Waals surface area contributed by atoms with Crippen LogP contribution in [0.15, 0.2) is 36.4 Å². The average molecular weight is 232 g/mol. The van der Waals surface area contributed by atoms with Gasteiger partial charge in [0.05, 0.1) is 0 Å². The second kappa shape index (κ2) is 6.39. The lowest BCUT2D eigenvalue weighted by Gasteiger charge is -2.06. The van der Waals surface area contributed by atoms with E-state index in [9.17, 15) is 4.39 Å². The van der Waals surface area contributed by atoms with Crippen molar-refractivity contribution in [2.75, 3.05) is 0 Å². The first-order valence-corrected chi connectivity index (χ1v) is 6.23. The summed E-state index contributed by atoms with van der Waals surface area (Å²) >= 11 is 0.